The summed E-state index contributed by atoms with van der Waals surface area (Å²) >= 11 is 0. The van der Waals surface area contributed by atoms with Gasteiger partial charge in [0.25, 0.3) is 11.5 Å². The quantitative estimate of drug-likeness (QED) is 0.0329. The molecule has 4 aromatic carbocycles. The topological polar surface area (TPSA) is 188 Å². The summed E-state index contributed by atoms with van der Waals surface area (Å²) in [5.41, 5.74) is 0.544. The van der Waals surface area contributed by atoms with Crippen LogP contribution in [0.15, 0.2) is 119 Å². The van der Waals surface area contributed by atoms with Gasteiger partial charge in [0, 0.05) is 24.7 Å². The van der Waals surface area contributed by atoms with Crippen molar-refractivity contribution in [3.05, 3.63) is 175 Å². The normalized spacial score (nSPS) is 16.8. The number of nitrogens with one attached hydrogen (secondary N) is 1. The van der Waals surface area contributed by atoms with Crippen LogP contribution < -0.4 is 16.6 Å². The van der Waals surface area contributed by atoms with Crippen molar-refractivity contribution in [2.45, 2.75) is 90.6 Å². The van der Waals surface area contributed by atoms with E-state index < -0.39 is 74.0 Å². The van der Waals surface area contributed by atoms with Gasteiger partial charge in [0.1, 0.15) is 11.7 Å². The molecule has 1 saturated heterocycles. The number of carbonyl (C=O) groups is 5. The lowest BCUT2D eigenvalue weighted by atomic mass is 10.1. The molecule has 0 bridgehead atoms. The Hall–Kier alpha value is -7.19. The van der Waals surface area contributed by atoms with E-state index in [1.807, 2.05) is 54.6 Å². The Morgan fingerprint density at radius 1 is 0.701 bits per heavy atom. The molecule has 348 valence electrons. The van der Waals surface area contributed by atoms with E-state index in [1.54, 1.807) is 78.9 Å². The zero-order chi connectivity index (χ0) is 48.6. The van der Waals surface area contributed by atoms with E-state index in [1.165, 1.54) is 24.3 Å². The van der Waals surface area contributed by atoms with Crippen LogP contribution in [0.5, 0.6) is 0 Å². The first-order chi connectivity index (χ1) is 31.7. The summed E-state index contributed by atoms with van der Waals surface area (Å²) in [5, 5.41) is 2.16. The number of alkyl carbamates (subject to hydrolysis) is 1. The third-order valence-electron chi connectivity index (χ3n) is 11.6. The second kappa shape index (κ2) is 21.0. The lowest BCUT2D eigenvalue weighted by Crippen LogP contribution is -2.48. The van der Waals surface area contributed by atoms with Crippen LogP contribution in [0.4, 0.5) is 4.79 Å². The molecule has 1 fully saturated rings. The van der Waals surface area contributed by atoms with Gasteiger partial charge in [0.2, 0.25) is 0 Å². The molecule has 1 aromatic heterocycles. The molecule has 0 unspecified atom stereocenters. The highest BCUT2D eigenvalue weighted by Gasteiger charge is 2.52. The molecule has 1 N–H and O–H groups in total. The Bertz CT molecular complexity index is 2820. The molecule has 15 nitrogen and oxygen atoms in total. The molecule has 67 heavy (non-hydrogen) atoms. The fourth-order valence-electron chi connectivity index (χ4n) is 6.59. The maximum Gasteiger partial charge on any atom is 0.415 e. The number of esters is 3. The summed E-state index contributed by atoms with van der Waals surface area (Å²) in [4.78, 5) is 95.8. The minimum absolute atomic E-state index is 0.00876. The van der Waals surface area contributed by atoms with E-state index in [9.17, 15) is 33.6 Å². The van der Waals surface area contributed by atoms with Crippen molar-refractivity contribution in [1.82, 2.24) is 14.5 Å². The fourth-order valence-corrected chi connectivity index (χ4v) is 7.60. The van der Waals surface area contributed by atoms with Gasteiger partial charge in [-0.25, -0.2) is 24.0 Å². The molecule has 2 heterocycles. The molecule has 6 rings (SSSR count). The van der Waals surface area contributed by atoms with Gasteiger partial charge in [-0.2, -0.15) is 4.57 Å². The zero-order valence-corrected chi connectivity index (χ0v) is 39.6. The van der Waals surface area contributed by atoms with Gasteiger partial charge < -0.3 is 28.7 Å². The monoisotopic (exact) mass is 927 g/mol. The fraction of sp³-hybridized carbons (Fsp3) is 0.314. The van der Waals surface area contributed by atoms with E-state index >= 15 is 0 Å². The molecular formula is C51H53N3O12Si. The summed E-state index contributed by atoms with van der Waals surface area (Å²) in [6.45, 7) is 15.4. The average molecular weight is 928 g/mol. The number of hydrogen-bond acceptors (Lipinski definition) is 12. The molecule has 1 amide bonds. The first kappa shape index (κ1) is 49.2. The Balaban J connectivity index is 1.43. The van der Waals surface area contributed by atoms with Gasteiger partial charge in [-0.15, -0.1) is 0 Å². The summed E-state index contributed by atoms with van der Waals surface area (Å²) in [6.07, 6.45) is -5.74. The van der Waals surface area contributed by atoms with Gasteiger partial charge in [-0.1, -0.05) is 104 Å². The van der Waals surface area contributed by atoms with Crippen LogP contribution in [0.3, 0.4) is 0 Å². The first-order valence-electron chi connectivity index (χ1n) is 21.6. The van der Waals surface area contributed by atoms with E-state index in [2.05, 4.69) is 17.2 Å². The number of carbonyl (C=O) groups excluding carboxylic acids is 5. The minimum Gasteiger partial charge on any atom is -0.452 e. The highest BCUT2D eigenvalue weighted by Crippen LogP contribution is 2.39. The molecule has 4 atom stereocenters. The van der Waals surface area contributed by atoms with Crippen molar-refractivity contribution in [1.29, 1.82) is 0 Å². The largest absolute Gasteiger partial charge is 0.452 e. The van der Waals surface area contributed by atoms with Gasteiger partial charge in [-0.05, 0) is 87.4 Å². The maximum atomic E-state index is 14.7. The highest BCUT2D eigenvalue weighted by atomic mass is 28.4. The molecule has 0 radical (unpaired) electrons. The number of nitrogens with zero attached hydrogens (tertiary/aromatic N) is 2. The van der Waals surface area contributed by atoms with Gasteiger partial charge in [0.15, 0.2) is 26.8 Å². The number of ether oxygens (including phenoxy) is 4. The van der Waals surface area contributed by atoms with Gasteiger partial charge in [-0.3, -0.25) is 14.2 Å². The lowest BCUT2D eigenvalue weighted by molar-refractivity contribution is -0.0595. The van der Waals surface area contributed by atoms with Crippen molar-refractivity contribution < 1.29 is 47.3 Å². The Morgan fingerprint density at radius 3 is 1.75 bits per heavy atom. The molecular weight excluding hydrogens is 875 g/mol. The van der Waals surface area contributed by atoms with Crippen LogP contribution in [0.1, 0.15) is 97.1 Å². The van der Waals surface area contributed by atoms with E-state index in [4.69, 9.17) is 23.4 Å². The number of aromatic nitrogens is 2. The smallest absolute Gasteiger partial charge is 0.415 e. The van der Waals surface area contributed by atoms with Crippen molar-refractivity contribution in [3.63, 3.8) is 0 Å². The molecule has 0 saturated carbocycles. The third kappa shape index (κ3) is 12.0. The standard InChI is InChI=1S/C51H53N3O12Si/c1-32-17-23-35(24-18-32)43(55)54-44(56)39(16-12-13-29-52-49(60)66-48(59)36-14-10-9-11-15-36)30-53(50(54)61)45-42(65-47(58)38-27-21-34(3)22-28-38)41(64-46(57)37-25-19-33(2)20-26-37)40(63-45)31-62-67(7,8)51(4,5)6/h9-11,14-15,17-28,30,40-42,45H,13,29,31H2,1-8H3,(H,52,60)/t40-,41-,42-,45-/m1/s1. The van der Waals surface area contributed by atoms with E-state index in [0.717, 1.165) is 27.5 Å². The Labute approximate surface area is 389 Å². The predicted octanol–water partition coefficient (Wildman–Crippen LogP) is 7.30. The third-order valence-corrected chi connectivity index (χ3v) is 16.1. The molecule has 1 aliphatic rings. The van der Waals surface area contributed by atoms with Crippen LogP contribution in [0.25, 0.3) is 0 Å². The molecule has 1 aliphatic heterocycles. The molecule has 16 heteroatoms. The average Bonchev–Trinajstić information content (AvgIpc) is 3.61. The SMILES string of the molecule is Cc1ccc(C(=O)O[C@@H]2[C@H](OC(=O)c3ccc(C)cc3)[C@@H](CO[Si](C)(C)C(C)(C)C)O[C@H]2n2cc(C#CCCNC(=O)OC(=O)c3ccccc3)c(=O)n(C(=O)c3ccc(C)cc3)c2=O)cc1. The van der Waals surface area contributed by atoms with E-state index in [-0.39, 0.29) is 52.4 Å². The number of rotatable bonds is 12. The summed E-state index contributed by atoms with van der Waals surface area (Å²) < 4.78 is 31.7. The Kier molecular flexibility index (Phi) is 15.4. The summed E-state index contributed by atoms with van der Waals surface area (Å²) in [7, 11) is -2.53. The lowest BCUT2D eigenvalue weighted by Gasteiger charge is -2.37. The zero-order valence-electron chi connectivity index (χ0n) is 38.6. The predicted molar refractivity (Wildman–Crippen MR) is 250 cm³/mol. The highest BCUT2D eigenvalue weighted by molar-refractivity contribution is 6.74. The van der Waals surface area contributed by atoms with E-state index in [0.29, 0.717) is 4.57 Å². The van der Waals surface area contributed by atoms with Crippen LogP contribution in [-0.4, -0.2) is 78.8 Å². The van der Waals surface area contributed by atoms with Crippen molar-refractivity contribution in [2.24, 2.45) is 0 Å². The molecule has 5 aromatic rings. The van der Waals surface area contributed by atoms with Gasteiger partial charge in [0.05, 0.1) is 23.3 Å². The molecule has 0 spiro atoms. The summed E-state index contributed by atoms with van der Waals surface area (Å²) in [6, 6.07) is 27.4. The van der Waals surface area contributed by atoms with Crippen molar-refractivity contribution in [2.75, 3.05) is 13.2 Å². The maximum absolute atomic E-state index is 14.7. The number of aryl methyl sites for hydroxylation is 3. The van der Waals surface area contributed by atoms with Gasteiger partial charge >= 0.3 is 29.7 Å². The van der Waals surface area contributed by atoms with Crippen molar-refractivity contribution >= 4 is 38.2 Å². The number of benzene rings is 4. The number of hydrogen-bond donors (Lipinski definition) is 1. The van der Waals surface area contributed by atoms with Crippen LogP contribution in [0.2, 0.25) is 18.1 Å². The van der Waals surface area contributed by atoms with Crippen molar-refractivity contribution in [3.8, 4) is 11.8 Å². The first-order valence-corrected chi connectivity index (χ1v) is 24.5. The summed E-state index contributed by atoms with van der Waals surface area (Å²) in [5.74, 6) is 2.02. The molecule has 0 aliphatic carbocycles. The second-order valence-corrected chi connectivity index (χ2v) is 22.5. The van der Waals surface area contributed by atoms with Crippen LogP contribution in [-0.2, 0) is 23.4 Å². The minimum atomic E-state index is -2.53. The number of amides is 1. The second-order valence-electron chi connectivity index (χ2n) is 17.7. The Morgan fingerprint density at radius 2 is 1.21 bits per heavy atom. The van der Waals surface area contributed by atoms with Crippen LogP contribution in [0, 0.1) is 32.6 Å². The van der Waals surface area contributed by atoms with Crippen LogP contribution >= 0.6 is 0 Å².